The number of carboxylic acid groups (broad SMARTS) is 1. The molecule has 0 heterocycles. The third kappa shape index (κ3) is 3.86. The molecule has 1 aliphatic rings. The van der Waals surface area contributed by atoms with Crippen molar-refractivity contribution in [2.24, 2.45) is 5.92 Å². The van der Waals surface area contributed by atoms with Crippen LogP contribution < -0.4 is 5.32 Å². The molecule has 16 heavy (non-hydrogen) atoms. The van der Waals surface area contributed by atoms with Gasteiger partial charge >= 0.3 is 5.97 Å². The zero-order valence-corrected chi connectivity index (χ0v) is 9.91. The summed E-state index contributed by atoms with van der Waals surface area (Å²) in [6, 6.07) is 0.663. The molecule has 3 nitrogen and oxygen atoms in total. The lowest BCUT2D eigenvalue weighted by molar-refractivity contribution is -0.143. The number of carboxylic acids is 1. The highest BCUT2D eigenvalue weighted by molar-refractivity contribution is 5.70. The van der Waals surface area contributed by atoms with Gasteiger partial charge in [-0.1, -0.05) is 13.3 Å². The minimum atomic E-state index is -0.656. The Kier molecular flexibility index (Phi) is 5.34. The molecule has 1 saturated carbocycles. The van der Waals surface area contributed by atoms with Crippen molar-refractivity contribution in [3.8, 4) is 12.3 Å². The molecule has 1 fully saturated rings. The van der Waals surface area contributed by atoms with Crippen molar-refractivity contribution in [2.75, 3.05) is 0 Å². The van der Waals surface area contributed by atoms with Gasteiger partial charge < -0.3 is 10.4 Å². The summed E-state index contributed by atoms with van der Waals surface area (Å²) in [5, 5.41) is 12.5. The highest BCUT2D eigenvalue weighted by Crippen LogP contribution is 2.25. The van der Waals surface area contributed by atoms with Crippen molar-refractivity contribution >= 4 is 5.97 Å². The molecular weight excluding hydrogens is 202 g/mol. The van der Waals surface area contributed by atoms with Gasteiger partial charge in [0.15, 0.2) is 0 Å². The molecule has 2 N–H and O–H groups in total. The molecule has 0 aromatic heterocycles. The average molecular weight is 223 g/mol. The van der Waals surface area contributed by atoms with E-state index in [2.05, 4.69) is 18.2 Å². The van der Waals surface area contributed by atoms with Crippen molar-refractivity contribution in [3.63, 3.8) is 0 Å². The van der Waals surface area contributed by atoms with E-state index in [0.717, 1.165) is 38.5 Å². The van der Waals surface area contributed by atoms with Gasteiger partial charge in [0.2, 0.25) is 0 Å². The van der Waals surface area contributed by atoms with Crippen LogP contribution in [0.25, 0.3) is 0 Å². The number of aliphatic carboxylic acids is 1. The minimum absolute atomic E-state index is 0.172. The Labute approximate surface area is 97.6 Å². The molecule has 1 rings (SSSR count). The van der Waals surface area contributed by atoms with E-state index in [9.17, 15) is 4.79 Å². The highest BCUT2D eigenvalue weighted by atomic mass is 16.4. The van der Waals surface area contributed by atoms with Gasteiger partial charge in [-0.25, -0.2) is 0 Å². The van der Waals surface area contributed by atoms with Gasteiger partial charge in [-0.05, 0) is 25.7 Å². The van der Waals surface area contributed by atoms with Gasteiger partial charge in [0.1, 0.15) is 0 Å². The smallest absolute Gasteiger partial charge is 0.306 e. The summed E-state index contributed by atoms with van der Waals surface area (Å²) in [6.07, 6.45) is 10.7. The lowest BCUT2D eigenvalue weighted by atomic mass is 9.85. The van der Waals surface area contributed by atoms with Crippen molar-refractivity contribution in [3.05, 3.63) is 0 Å². The largest absolute Gasteiger partial charge is 0.481 e. The van der Waals surface area contributed by atoms with Crippen LogP contribution in [-0.4, -0.2) is 23.2 Å². The molecule has 0 bridgehead atoms. The van der Waals surface area contributed by atoms with Gasteiger partial charge in [0, 0.05) is 18.5 Å². The van der Waals surface area contributed by atoms with Crippen LogP contribution in [0.5, 0.6) is 0 Å². The fourth-order valence-electron chi connectivity index (χ4n) is 2.36. The highest BCUT2D eigenvalue weighted by Gasteiger charge is 2.27. The van der Waals surface area contributed by atoms with Crippen LogP contribution >= 0.6 is 0 Å². The van der Waals surface area contributed by atoms with Crippen LogP contribution in [0.1, 0.15) is 45.4 Å². The summed E-state index contributed by atoms with van der Waals surface area (Å²) in [5.41, 5.74) is 0. The summed E-state index contributed by atoms with van der Waals surface area (Å²) in [5.74, 6) is 1.84. The van der Waals surface area contributed by atoms with Crippen molar-refractivity contribution in [1.29, 1.82) is 0 Å². The molecule has 90 valence electrons. The molecular formula is C13H21NO2. The van der Waals surface area contributed by atoms with E-state index in [1.807, 2.05) is 0 Å². The third-order valence-corrected chi connectivity index (χ3v) is 3.35. The Bertz CT molecular complexity index is 270. The fraction of sp³-hybridized carbons (Fsp3) is 0.769. The maximum absolute atomic E-state index is 10.9. The quantitative estimate of drug-likeness (QED) is 0.701. The number of hydrogen-bond donors (Lipinski definition) is 2. The molecule has 1 aliphatic carbocycles. The Balaban J connectivity index is 2.42. The monoisotopic (exact) mass is 223 g/mol. The Morgan fingerprint density at radius 3 is 2.94 bits per heavy atom. The van der Waals surface area contributed by atoms with Crippen LogP contribution in [0, 0.1) is 18.3 Å². The van der Waals surface area contributed by atoms with Crippen LogP contribution in [0.15, 0.2) is 0 Å². The maximum atomic E-state index is 10.9. The van der Waals surface area contributed by atoms with Gasteiger partial charge in [-0.3, -0.25) is 4.79 Å². The standard InChI is InChI=1S/C13H21NO2/c1-3-6-11(4-2)14-12-8-5-7-10(9-12)13(15)16/h1,10-12,14H,4-9H2,2H3,(H,15,16). The predicted octanol–water partition coefficient (Wildman–Crippen LogP) is 2.02. The number of rotatable bonds is 5. The summed E-state index contributed by atoms with van der Waals surface area (Å²) >= 11 is 0. The van der Waals surface area contributed by atoms with E-state index in [-0.39, 0.29) is 5.92 Å². The van der Waals surface area contributed by atoms with Gasteiger partial charge in [0.25, 0.3) is 0 Å². The summed E-state index contributed by atoms with van der Waals surface area (Å²) in [6.45, 7) is 2.10. The van der Waals surface area contributed by atoms with Crippen molar-refractivity contribution in [2.45, 2.75) is 57.5 Å². The minimum Gasteiger partial charge on any atom is -0.481 e. The number of terminal acetylenes is 1. The Morgan fingerprint density at radius 1 is 1.62 bits per heavy atom. The Morgan fingerprint density at radius 2 is 2.38 bits per heavy atom. The second kappa shape index (κ2) is 6.55. The predicted molar refractivity (Wildman–Crippen MR) is 64.0 cm³/mol. The van der Waals surface area contributed by atoms with Gasteiger partial charge in [0.05, 0.1) is 5.92 Å². The molecule has 3 heteroatoms. The molecule has 0 spiro atoms. The molecule has 0 saturated heterocycles. The van der Waals surface area contributed by atoms with E-state index in [1.54, 1.807) is 0 Å². The normalized spacial score (nSPS) is 27.0. The second-order valence-electron chi connectivity index (χ2n) is 4.58. The molecule has 0 aromatic carbocycles. The molecule has 3 atom stereocenters. The first-order valence-electron chi connectivity index (χ1n) is 6.09. The molecule has 0 amide bonds. The lowest BCUT2D eigenvalue weighted by Crippen LogP contribution is -2.42. The van der Waals surface area contributed by atoms with Crippen LogP contribution in [0.4, 0.5) is 0 Å². The zero-order chi connectivity index (χ0) is 12.0. The van der Waals surface area contributed by atoms with E-state index in [1.165, 1.54) is 0 Å². The van der Waals surface area contributed by atoms with E-state index < -0.39 is 5.97 Å². The summed E-state index contributed by atoms with van der Waals surface area (Å²) < 4.78 is 0. The first kappa shape index (κ1) is 13.1. The first-order chi connectivity index (χ1) is 7.67. The van der Waals surface area contributed by atoms with Gasteiger partial charge in [-0.2, -0.15) is 0 Å². The van der Waals surface area contributed by atoms with Crippen LogP contribution in [0.2, 0.25) is 0 Å². The molecule has 0 radical (unpaired) electrons. The summed E-state index contributed by atoms with van der Waals surface area (Å²) in [7, 11) is 0. The molecule has 0 aromatic rings. The number of nitrogens with one attached hydrogen (secondary N) is 1. The van der Waals surface area contributed by atoms with Crippen molar-refractivity contribution in [1.82, 2.24) is 5.32 Å². The van der Waals surface area contributed by atoms with Crippen LogP contribution in [-0.2, 0) is 4.79 Å². The average Bonchev–Trinajstić information content (AvgIpc) is 2.29. The van der Waals surface area contributed by atoms with Crippen LogP contribution in [0.3, 0.4) is 0 Å². The topological polar surface area (TPSA) is 49.3 Å². The first-order valence-corrected chi connectivity index (χ1v) is 6.09. The molecule has 3 unspecified atom stereocenters. The molecule has 0 aliphatic heterocycles. The second-order valence-corrected chi connectivity index (χ2v) is 4.58. The number of carbonyl (C=O) groups is 1. The van der Waals surface area contributed by atoms with E-state index in [0.29, 0.717) is 12.1 Å². The van der Waals surface area contributed by atoms with E-state index in [4.69, 9.17) is 11.5 Å². The third-order valence-electron chi connectivity index (χ3n) is 3.35. The fourth-order valence-corrected chi connectivity index (χ4v) is 2.36. The van der Waals surface area contributed by atoms with Crippen molar-refractivity contribution < 1.29 is 9.90 Å². The maximum Gasteiger partial charge on any atom is 0.306 e. The number of hydrogen-bond acceptors (Lipinski definition) is 2. The van der Waals surface area contributed by atoms with E-state index >= 15 is 0 Å². The SMILES string of the molecule is C#CCC(CC)NC1CCCC(C(=O)O)C1. The lowest BCUT2D eigenvalue weighted by Gasteiger charge is -2.30. The Hall–Kier alpha value is -1.01. The van der Waals surface area contributed by atoms with Gasteiger partial charge in [-0.15, -0.1) is 12.3 Å². The summed E-state index contributed by atoms with van der Waals surface area (Å²) in [4.78, 5) is 10.9. The zero-order valence-electron chi connectivity index (χ0n) is 9.91.